The number of ether oxygens (including phenoxy) is 2. The fraction of sp³-hybridized carbons (Fsp3) is 0.350. The number of aryl methyl sites for hydroxylation is 2. The van der Waals surface area contributed by atoms with Gasteiger partial charge in [0.2, 0.25) is 5.13 Å². The number of hydrogen-bond donors (Lipinski definition) is 1. The molecule has 2 aromatic heterocycles. The van der Waals surface area contributed by atoms with Gasteiger partial charge in [0.25, 0.3) is 10.0 Å². The van der Waals surface area contributed by atoms with Gasteiger partial charge < -0.3 is 14.6 Å². The van der Waals surface area contributed by atoms with Crippen molar-refractivity contribution in [2.24, 2.45) is 0 Å². The molecule has 3 aromatic rings. The van der Waals surface area contributed by atoms with Gasteiger partial charge in [0.1, 0.15) is 10.9 Å². The molecule has 0 aliphatic heterocycles. The van der Waals surface area contributed by atoms with E-state index in [1.807, 2.05) is 26.0 Å². The summed E-state index contributed by atoms with van der Waals surface area (Å²) in [4.78, 5) is 5.39. The minimum absolute atomic E-state index is 0. The molecule has 0 atom stereocenters. The molecule has 0 bridgehead atoms. The summed E-state index contributed by atoms with van der Waals surface area (Å²) >= 11 is 2.47. The molecule has 1 aromatic carbocycles. The van der Waals surface area contributed by atoms with E-state index >= 15 is 0 Å². The first-order chi connectivity index (χ1) is 14.4. The molecule has 7 nitrogen and oxygen atoms in total. The van der Waals surface area contributed by atoms with Gasteiger partial charge in [-0.15, -0.1) is 22.7 Å². The Bertz CT molecular complexity index is 1060. The van der Waals surface area contributed by atoms with Crippen LogP contribution < -0.4 is 4.31 Å². The van der Waals surface area contributed by atoms with Crippen LogP contribution in [0, 0.1) is 13.8 Å². The molecule has 31 heavy (non-hydrogen) atoms. The average molecular weight is 492 g/mol. The summed E-state index contributed by atoms with van der Waals surface area (Å²) in [5.41, 5.74) is 2.92. The van der Waals surface area contributed by atoms with Crippen molar-refractivity contribution in [2.75, 3.05) is 31.4 Å². The van der Waals surface area contributed by atoms with E-state index in [0.717, 1.165) is 33.0 Å². The maximum atomic E-state index is 13.6. The number of nitrogens with zero attached hydrogens (tertiary/aromatic N) is 2. The molecule has 0 fully saturated rings. The predicted molar refractivity (Wildman–Crippen MR) is 125 cm³/mol. The number of methoxy groups -OCH3 is 1. The zero-order chi connectivity index (χ0) is 21.7. The Morgan fingerprint density at radius 1 is 1.13 bits per heavy atom. The summed E-state index contributed by atoms with van der Waals surface area (Å²) in [5.74, 6) is 0. The van der Waals surface area contributed by atoms with Crippen LogP contribution in [-0.4, -0.2) is 75.1 Å². The van der Waals surface area contributed by atoms with E-state index in [1.165, 1.54) is 15.6 Å². The van der Waals surface area contributed by atoms with Crippen LogP contribution in [0.25, 0.3) is 11.1 Å². The van der Waals surface area contributed by atoms with Gasteiger partial charge in [-0.1, -0.05) is 24.3 Å². The number of thiophene rings is 1. The standard InChI is InChI=1S/C20H24N2O5S3.Na/c1-14-15(2)29-20(21-14)22(13-27-10-9-26-3)30(24,25)19-18(8-11-28-19)17-6-4-16(12-23)5-7-17;/h4-8,11,23H,9-10,12-13H2,1-3H3;. The van der Waals surface area contributed by atoms with E-state index < -0.39 is 10.0 Å². The second-order valence-electron chi connectivity index (χ2n) is 6.50. The average Bonchev–Trinajstić information content (AvgIpc) is 3.35. The number of sulfonamides is 1. The van der Waals surface area contributed by atoms with Crippen LogP contribution in [-0.2, 0) is 26.1 Å². The van der Waals surface area contributed by atoms with E-state index in [2.05, 4.69) is 4.98 Å². The van der Waals surface area contributed by atoms with E-state index in [4.69, 9.17) is 9.47 Å². The van der Waals surface area contributed by atoms with Crippen LogP contribution in [0.5, 0.6) is 0 Å². The van der Waals surface area contributed by atoms with Crippen molar-refractivity contribution in [3.05, 3.63) is 51.8 Å². The SMILES string of the molecule is COCCOCN(c1nc(C)c(C)s1)S(=O)(=O)c1sccc1-c1ccc(CO)cc1.[Na]. The molecular weight excluding hydrogens is 467 g/mol. The van der Waals surface area contributed by atoms with Gasteiger partial charge in [-0.25, -0.2) is 17.7 Å². The van der Waals surface area contributed by atoms with Crippen LogP contribution in [0.3, 0.4) is 0 Å². The Kier molecular flexibility index (Phi) is 10.1. The monoisotopic (exact) mass is 491 g/mol. The summed E-state index contributed by atoms with van der Waals surface area (Å²) in [7, 11) is -2.35. The van der Waals surface area contributed by atoms with Crippen molar-refractivity contribution in [2.45, 2.75) is 24.7 Å². The second-order valence-corrected chi connectivity index (χ2v) is 10.7. The molecular formula is C20H24N2NaO5S3. The number of anilines is 1. The molecule has 0 spiro atoms. The van der Waals surface area contributed by atoms with Crippen LogP contribution in [0.2, 0.25) is 0 Å². The summed E-state index contributed by atoms with van der Waals surface area (Å²) in [6, 6.07) is 8.96. The van der Waals surface area contributed by atoms with Crippen LogP contribution in [0.15, 0.2) is 39.9 Å². The van der Waals surface area contributed by atoms with Gasteiger partial charge in [0.05, 0.1) is 25.5 Å². The molecule has 0 aliphatic carbocycles. The fourth-order valence-corrected chi connectivity index (χ4v) is 6.58. The topological polar surface area (TPSA) is 89.0 Å². The third-order valence-electron chi connectivity index (χ3n) is 4.47. The summed E-state index contributed by atoms with van der Waals surface area (Å²) in [5, 5.41) is 11.4. The minimum atomic E-state index is -3.91. The van der Waals surface area contributed by atoms with Gasteiger partial charge in [-0.3, -0.25) is 0 Å². The Labute approximate surface area is 213 Å². The van der Waals surface area contributed by atoms with Crippen molar-refractivity contribution < 1.29 is 23.0 Å². The molecule has 0 aliphatic rings. The minimum Gasteiger partial charge on any atom is -0.392 e. The fourth-order valence-electron chi connectivity index (χ4n) is 2.68. The third kappa shape index (κ3) is 6.16. The number of hydrogen-bond acceptors (Lipinski definition) is 8. The molecule has 0 unspecified atom stereocenters. The van der Waals surface area contributed by atoms with E-state index in [9.17, 15) is 13.5 Å². The summed E-state index contributed by atoms with van der Waals surface area (Å²) < 4.78 is 39.3. The van der Waals surface area contributed by atoms with E-state index in [1.54, 1.807) is 30.7 Å². The maximum absolute atomic E-state index is 13.6. The van der Waals surface area contributed by atoms with Gasteiger partial charge in [0, 0.05) is 47.1 Å². The van der Waals surface area contributed by atoms with Crippen molar-refractivity contribution in [1.29, 1.82) is 0 Å². The summed E-state index contributed by atoms with van der Waals surface area (Å²) in [6.45, 7) is 4.18. The predicted octanol–water partition coefficient (Wildman–Crippen LogP) is 3.42. The smallest absolute Gasteiger partial charge is 0.278 e. The normalized spacial score (nSPS) is 11.4. The van der Waals surface area contributed by atoms with Crippen molar-refractivity contribution in [1.82, 2.24) is 4.98 Å². The Hall–Kier alpha value is -0.820. The van der Waals surface area contributed by atoms with Crippen molar-refractivity contribution in [3.8, 4) is 11.1 Å². The zero-order valence-electron chi connectivity index (χ0n) is 18.0. The molecule has 0 saturated carbocycles. The maximum Gasteiger partial charge on any atom is 0.278 e. The number of aliphatic hydroxyl groups excluding tert-OH is 1. The van der Waals surface area contributed by atoms with Crippen LogP contribution in [0.4, 0.5) is 5.13 Å². The Morgan fingerprint density at radius 2 is 1.84 bits per heavy atom. The summed E-state index contributed by atoms with van der Waals surface area (Å²) in [6.07, 6.45) is 0. The molecule has 163 valence electrons. The third-order valence-corrected chi connectivity index (χ3v) is 8.86. The molecule has 3 rings (SSSR count). The molecule has 11 heteroatoms. The Morgan fingerprint density at radius 3 is 2.42 bits per heavy atom. The molecule has 0 saturated heterocycles. The van der Waals surface area contributed by atoms with Gasteiger partial charge in [0.15, 0.2) is 0 Å². The number of aromatic nitrogens is 1. The van der Waals surface area contributed by atoms with Gasteiger partial charge in [-0.2, -0.15) is 0 Å². The van der Waals surface area contributed by atoms with Crippen LogP contribution >= 0.6 is 22.7 Å². The van der Waals surface area contributed by atoms with Crippen molar-refractivity contribution in [3.63, 3.8) is 0 Å². The van der Waals surface area contributed by atoms with Gasteiger partial charge in [-0.05, 0) is 36.4 Å². The zero-order valence-corrected chi connectivity index (χ0v) is 22.4. The molecule has 0 amide bonds. The largest absolute Gasteiger partial charge is 0.392 e. The van der Waals surface area contributed by atoms with E-state index in [0.29, 0.717) is 17.3 Å². The second kappa shape index (κ2) is 11.9. The molecule has 2 heterocycles. The van der Waals surface area contributed by atoms with Gasteiger partial charge >= 0.3 is 0 Å². The first-order valence-electron chi connectivity index (χ1n) is 9.19. The first-order valence-corrected chi connectivity index (χ1v) is 12.3. The molecule has 1 radical (unpaired) electrons. The van der Waals surface area contributed by atoms with Crippen molar-refractivity contribution >= 4 is 67.4 Å². The quantitative estimate of drug-likeness (QED) is 0.266. The Balaban J connectivity index is 0.00000341. The molecule has 1 N–H and O–H groups in total. The number of aliphatic hydroxyl groups is 1. The number of thiazole rings is 1. The van der Waals surface area contributed by atoms with Crippen LogP contribution in [0.1, 0.15) is 16.1 Å². The number of rotatable bonds is 10. The van der Waals surface area contributed by atoms with E-state index in [-0.39, 0.29) is 53.7 Å². The number of benzene rings is 1. The first kappa shape index (κ1) is 26.4.